The number of hydrogen-bond acceptors (Lipinski definition) is 5. The van der Waals surface area contributed by atoms with Gasteiger partial charge in [0, 0.05) is 11.8 Å². The van der Waals surface area contributed by atoms with Crippen molar-refractivity contribution in [2.45, 2.75) is 46.4 Å². The molecule has 2 heterocycles. The Bertz CT molecular complexity index is 681. The van der Waals surface area contributed by atoms with Gasteiger partial charge in [-0.2, -0.15) is 18.3 Å². The van der Waals surface area contributed by atoms with Crippen LogP contribution in [0.25, 0.3) is 0 Å². The molecule has 0 aromatic carbocycles. The van der Waals surface area contributed by atoms with E-state index in [2.05, 4.69) is 15.5 Å². The van der Waals surface area contributed by atoms with Crippen LogP contribution in [0.5, 0.6) is 5.88 Å². The fourth-order valence-corrected chi connectivity index (χ4v) is 2.10. The van der Waals surface area contributed by atoms with Crippen molar-refractivity contribution in [1.82, 2.24) is 10.4 Å². The smallest absolute Gasteiger partial charge is 0.428 e. The molecular weight excluding hydrogens is 339 g/mol. The number of amides is 1. The van der Waals surface area contributed by atoms with Crippen molar-refractivity contribution in [3.05, 3.63) is 23.4 Å². The van der Waals surface area contributed by atoms with Gasteiger partial charge in [-0.25, -0.2) is 15.2 Å². The van der Waals surface area contributed by atoms with Crippen LogP contribution in [-0.4, -0.2) is 29.5 Å². The zero-order valence-electron chi connectivity index (χ0n) is 14.4. The molecule has 6 nitrogen and oxygen atoms in total. The molecule has 138 valence electrons. The van der Waals surface area contributed by atoms with Gasteiger partial charge in [0.25, 0.3) is 0 Å². The van der Waals surface area contributed by atoms with Crippen LogP contribution in [0.15, 0.2) is 17.4 Å². The molecule has 0 spiro atoms. The Balaban J connectivity index is 2.30. The van der Waals surface area contributed by atoms with Crippen LogP contribution in [0.3, 0.4) is 0 Å². The van der Waals surface area contributed by atoms with Crippen LogP contribution in [-0.2, 0) is 10.9 Å². The van der Waals surface area contributed by atoms with Gasteiger partial charge in [0.2, 0.25) is 5.88 Å². The number of nitrogens with one attached hydrogen (secondary N) is 1. The highest BCUT2D eigenvalue weighted by Crippen LogP contribution is 2.36. The molecule has 1 N–H and O–H groups in total. The molecular formula is C16H20F3N3O3. The van der Waals surface area contributed by atoms with Gasteiger partial charge >= 0.3 is 12.3 Å². The number of hydrazone groups is 1. The summed E-state index contributed by atoms with van der Waals surface area (Å²) in [5.74, 6) is -0.477. The van der Waals surface area contributed by atoms with E-state index in [9.17, 15) is 18.0 Å². The first kappa shape index (κ1) is 19.0. The summed E-state index contributed by atoms with van der Waals surface area (Å²) < 4.78 is 50.2. The second-order valence-electron chi connectivity index (χ2n) is 6.89. The lowest BCUT2D eigenvalue weighted by atomic mass is 9.93. The maximum atomic E-state index is 13.4. The standard InChI is InChI=1S/C16H20F3N3O3/c1-9-12(21-22-14(23)25-9)10-7-11(16(17,18)19)13(20-8-10)24-6-5-15(2,3)4/h7-9H,5-6H2,1-4H3,(H,22,23). The third-order valence-corrected chi connectivity index (χ3v) is 3.48. The normalized spacial score (nSPS) is 18.3. The number of carbonyl (C=O) groups excluding carboxylic acids is 1. The lowest BCUT2D eigenvalue weighted by Gasteiger charge is -2.22. The number of halogens is 3. The minimum atomic E-state index is -4.64. The largest absolute Gasteiger partial charge is 0.477 e. The molecule has 1 unspecified atom stereocenters. The zero-order chi connectivity index (χ0) is 18.8. The van der Waals surface area contributed by atoms with Crippen LogP contribution in [0.1, 0.15) is 45.2 Å². The van der Waals surface area contributed by atoms with Crippen LogP contribution in [0, 0.1) is 5.41 Å². The molecule has 1 aliphatic heterocycles. The van der Waals surface area contributed by atoms with Crippen molar-refractivity contribution in [2.24, 2.45) is 10.5 Å². The average Bonchev–Trinajstić information content (AvgIpc) is 2.45. The summed E-state index contributed by atoms with van der Waals surface area (Å²) in [6, 6.07) is 0.898. The van der Waals surface area contributed by atoms with E-state index in [4.69, 9.17) is 9.47 Å². The number of nitrogens with zero attached hydrogens (tertiary/aromatic N) is 2. The third-order valence-electron chi connectivity index (χ3n) is 3.48. The highest BCUT2D eigenvalue weighted by Gasteiger charge is 2.37. The number of carbonyl (C=O) groups is 1. The van der Waals surface area contributed by atoms with Crippen molar-refractivity contribution in [1.29, 1.82) is 0 Å². The SMILES string of the molecule is CC1OC(=O)NN=C1c1cnc(OCCC(C)(C)C)c(C(F)(F)F)c1. The first-order valence-corrected chi connectivity index (χ1v) is 7.72. The van der Waals surface area contributed by atoms with Crippen LogP contribution in [0.4, 0.5) is 18.0 Å². The predicted octanol–water partition coefficient (Wildman–Crippen LogP) is 3.75. The first-order chi connectivity index (χ1) is 11.5. The summed E-state index contributed by atoms with van der Waals surface area (Å²) >= 11 is 0. The summed E-state index contributed by atoms with van der Waals surface area (Å²) in [7, 11) is 0. The van der Waals surface area contributed by atoms with Gasteiger partial charge in [-0.05, 0) is 24.8 Å². The molecule has 9 heteroatoms. The number of cyclic esters (lactones) is 1. The Labute approximate surface area is 143 Å². The zero-order valence-corrected chi connectivity index (χ0v) is 14.4. The number of ether oxygens (including phenoxy) is 2. The fraction of sp³-hybridized carbons (Fsp3) is 0.562. The molecule has 1 atom stereocenters. The van der Waals surface area contributed by atoms with Crippen LogP contribution in [0.2, 0.25) is 0 Å². The maximum absolute atomic E-state index is 13.4. The number of alkyl halides is 3. The van der Waals surface area contributed by atoms with E-state index in [1.807, 2.05) is 20.8 Å². The molecule has 1 aliphatic rings. The maximum Gasteiger partial charge on any atom is 0.428 e. The third kappa shape index (κ3) is 5.07. The van der Waals surface area contributed by atoms with E-state index in [1.54, 1.807) is 0 Å². The molecule has 1 aromatic heterocycles. The second kappa shape index (κ2) is 6.89. The number of rotatable bonds is 4. The lowest BCUT2D eigenvalue weighted by molar-refractivity contribution is -0.139. The fourth-order valence-electron chi connectivity index (χ4n) is 2.10. The molecule has 25 heavy (non-hydrogen) atoms. The van der Waals surface area contributed by atoms with E-state index in [1.165, 1.54) is 13.1 Å². The Morgan fingerprint density at radius 2 is 2.00 bits per heavy atom. The molecule has 0 saturated heterocycles. The minimum absolute atomic E-state index is 0.0693. The Morgan fingerprint density at radius 1 is 1.32 bits per heavy atom. The number of aromatic nitrogens is 1. The van der Waals surface area contributed by atoms with Crippen molar-refractivity contribution in [3.8, 4) is 5.88 Å². The van der Waals surface area contributed by atoms with E-state index in [-0.39, 0.29) is 23.3 Å². The van der Waals surface area contributed by atoms with Gasteiger partial charge in [0.05, 0.1) is 6.61 Å². The average molecular weight is 359 g/mol. The molecule has 0 aliphatic carbocycles. The summed E-state index contributed by atoms with van der Waals surface area (Å²) in [5, 5.41) is 3.75. The van der Waals surface area contributed by atoms with Gasteiger partial charge in [-0.15, -0.1) is 0 Å². The Morgan fingerprint density at radius 3 is 2.56 bits per heavy atom. The van der Waals surface area contributed by atoms with Gasteiger partial charge in [0.1, 0.15) is 17.4 Å². The van der Waals surface area contributed by atoms with E-state index in [0.717, 1.165) is 6.07 Å². The van der Waals surface area contributed by atoms with Gasteiger partial charge in [0.15, 0.2) is 0 Å². The molecule has 0 radical (unpaired) electrons. The molecule has 0 bridgehead atoms. The lowest BCUT2D eigenvalue weighted by Crippen LogP contribution is -2.37. The van der Waals surface area contributed by atoms with Crippen LogP contribution < -0.4 is 10.2 Å². The topological polar surface area (TPSA) is 72.8 Å². The van der Waals surface area contributed by atoms with Gasteiger partial charge in [-0.1, -0.05) is 20.8 Å². The predicted molar refractivity (Wildman–Crippen MR) is 84.4 cm³/mol. The van der Waals surface area contributed by atoms with E-state index in [0.29, 0.717) is 6.42 Å². The molecule has 0 fully saturated rings. The monoisotopic (exact) mass is 359 g/mol. The van der Waals surface area contributed by atoms with E-state index >= 15 is 0 Å². The number of hydrogen-bond donors (Lipinski definition) is 1. The summed E-state index contributed by atoms with van der Waals surface area (Å²) in [6.07, 6.45) is -4.38. The molecule has 1 aromatic rings. The summed E-state index contributed by atoms with van der Waals surface area (Å²) in [6.45, 7) is 7.53. The minimum Gasteiger partial charge on any atom is -0.477 e. The van der Waals surface area contributed by atoms with Crippen molar-refractivity contribution < 1.29 is 27.4 Å². The quantitative estimate of drug-likeness (QED) is 0.889. The molecule has 2 rings (SSSR count). The highest BCUT2D eigenvalue weighted by molar-refractivity contribution is 6.05. The summed E-state index contributed by atoms with van der Waals surface area (Å²) in [4.78, 5) is 14.9. The van der Waals surface area contributed by atoms with Gasteiger partial charge < -0.3 is 9.47 Å². The van der Waals surface area contributed by atoms with Gasteiger partial charge in [-0.3, -0.25) is 0 Å². The highest BCUT2D eigenvalue weighted by atomic mass is 19.4. The van der Waals surface area contributed by atoms with E-state index < -0.39 is 29.8 Å². The van der Waals surface area contributed by atoms with Crippen molar-refractivity contribution in [2.75, 3.05) is 6.61 Å². The molecule has 0 saturated carbocycles. The van der Waals surface area contributed by atoms with Crippen molar-refractivity contribution in [3.63, 3.8) is 0 Å². The number of pyridine rings is 1. The Hall–Kier alpha value is -2.32. The van der Waals surface area contributed by atoms with Crippen LogP contribution >= 0.6 is 0 Å². The Kier molecular flexibility index (Phi) is 5.24. The second-order valence-corrected chi connectivity index (χ2v) is 6.89. The summed E-state index contributed by atoms with van der Waals surface area (Å²) in [5.41, 5.74) is 1.26. The molecule has 1 amide bonds. The van der Waals surface area contributed by atoms with Crippen molar-refractivity contribution >= 4 is 11.8 Å². The first-order valence-electron chi connectivity index (χ1n) is 7.72.